The predicted molar refractivity (Wildman–Crippen MR) is 111 cm³/mol. The Hall–Kier alpha value is -2.03. The van der Waals surface area contributed by atoms with Crippen molar-refractivity contribution in [3.63, 3.8) is 0 Å². The fraction of sp³-hybridized carbons (Fsp3) is 0.550. The smallest absolute Gasteiger partial charge is 0.252 e. The molecule has 28 heavy (non-hydrogen) atoms. The van der Waals surface area contributed by atoms with Crippen molar-refractivity contribution in [2.45, 2.75) is 45.1 Å². The van der Waals surface area contributed by atoms with E-state index in [-0.39, 0.29) is 24.0 Å². The number of hydrogen-bond donors (Lipinski definition) is 1. The number of anilines is 1. The van der Waals surface area contributed by atoms with Crippen LogP contribution in [0.25, 0.3) is 12.2 Å². The first kappa shape index (κ1) is 20.7. The summed E-state index contributed by atoms with van der Waals surface area (Å²) in [7, 11) is 2.10. The molecule has 0 spiro atoms. The van der Waals surface area contributed by atoms with Gasteiger partial charge in [0.25, 0.3) is 5.91 Å². The molecule has 0 aromatic carbocycles. The molecule has 1 aliphatic heterocycles. The van der Waals surface area contributed by atoms with Crippen LogP contribution in [-0.4, -0.2) is 53.6 Å². The summed E-state index contributed by atoms with van der Waals surface area (Å²) in [6, 6.07) is 0. The third-order valence-corrected chi connectivity index (χ3v) is 5.42. The molecule has 0 atom stereocenters. The molecule has 0 aliphatic carbocycles. The predicted octanol–water partition coefficient (Wildman–Crippen LogP) is 3.65. The van der Waals surface area contributed by atoms with Crippen molar-refractivity contribution in [1.29, 1.82) is 0 Å². The number of nitrogens with zero attached hydrogens (tertiary/aromatic N) is 3. The lowest BCUT2D eigenvalue weighted by atomic mass is 9.94. The number of oxazole rings is 1. The second kappa shape index (κ2) is 8.98. The minimum Gasteiger partial charge on any atom is -0.441 e. The molecule has 0 saturated carbocycles. The fourth-order valence-corrected chi connectivity index (χ4v) is 3.52. The van der Waals surface area contributed by atoms with Gasteiger partial charge in [-0.1, -0.05) is 32.1 Å². The molecule has 2 aromatic rings. The van der Waals surface area contributed by atoms with Gasteiger partial charge in [-0.25, -0.2) is 9.97 Å². The third kappa shape index (κ3) is 5.98. The zero-order chi connectivity index (χ0) is 20.1. The van der Waals surface area contributed by atoms with Crippen LogP contribution in [0, 0.1) is 0 Å². The summed E-state index contributed by atoms with van der Waals surface area (Å²) in [5.41, 5.74) is -0.0728. The topological polar surface area (TPSA) is 80.5 Å². The van der Waals surface area contributed by atoms with Crippen LogP contribution in [0.3, 0.4) is 0 Å². The zero-order valence-electron chi connectivity index (χ0n) is 16.9. The zero-order valence-corrected chi connectivity index (χ0v) is 17.7. The Morgan fingerprint density at radius 1 is 1.32 bits per heavy atom. The van der Waals surface area contributed by atoms with E-state index in [4.69, 9.17) is 9.15 Å². The summed E-state index contributed by atoms with van der Waals surface area (Å²) in [5, 5.41) is 3.35. The standard InChI is InChI=1S/C20H28N4O3S/c1-20(2,3)16-12-21-18(27-16)6-5-15-11-22-19(28-15)23-17(25)13-26-14-7-9-24(4)10-8-14/h5-6,11-12,14H,7-10,13H2,1-4H3,(H,22,23,25)/b6-5+. The lowest BCUT2D eigenvalue weighted by molar-refractivity contribution is -0.123. The first-order valence-corrected chi connectivity index (χ1v) is 10.3. The quantitative estimate of drug-likeness (QED) is 0.792. The molecule has 152 valence electrons. The Bertz CT molecular complexity index is 814. The lowest BCUT2D eigenvalue weighted by Crippen LogP contribution is -2.35. The second-order valence-electron chi connectivity index (χ2n) is 8.08. The van der Waals surface area contributed by atoms with E-state index in [1.165, 1.54) is 11.3 Å². The van der Waals surface area contributed by atoms with E-state index in [9.17, 15) is 4.79 Å². The normalized spacial score (nSPS) is 16.7. The molecule has 3 rings (SSSR count). The Labute approximate surface area is 169 Å². The van der Waals surface area contributed by atoms with E-state index in [0.29, 0.717) is 11.0 Å². The van der Waals surface area contributed by atoms with Crippen LogP contribution in [0.5, 0.6) is 0 Å². The highest BCUT2D eigenvalue weighted by Crippen LogP contribution is 2.24. The minimum atomic E-state index is -0.175. The minimum absolute atomic E-state index is 0.0605. The number of carbonyl (C=O) groups is 1. The van der Waals surface area contributed by atoms with Crippen molar-refractivity contribution in [2.24, 2.45) is 0 Å². The number of nitrogens with one attached hydrogen (secondary N) is 1. The summed E-state index contributed by atoms with van der Waals surface area (Å²) in [6.07, 6.45) is 9.24. The monoisotopic (exact) mass is 404 g/mol. The molecule has 1 amide bonds. The van der Waals surface area contributed by atoms with Gasteiger partial charge in [0.2, 0.25) is 5.89 Å². The lowest BCUT2D eigenvalue weighted by Gasteiger charge is -2.28. The van der Waals surface area contributed by atoms with Gasteiger partial charge < -0.3 is 14.1 Å². The summed E-state index contributed by atoms with van der Waals surface area (Å²) in [4.78, 5) is 23.8. The number of piperidine rings is 1. The van der Waals surface area contributed by atoms with Crippen molar-refractivity contribution >= 4 is 34.5 Å². The van der Waals surface area contributed by atoms with Gasteiger partial charge in [-0.3, -0.25) is 10.1 Å². The van der Waals surface area contributed by atoms with E-state index in [0.717, 1.165) is 36.6 Å². The summed E-state index contributed by atoms with van der Waals surface area (Å²) >= 11 is 1.39. The molecule has 1 aliphatic rings. The van der Waals surface area contributed by atoms with Gasteiger partial charge in [-0.2, -0.15) is 0 Å². The average Bonchev–Trinajstić information content (AvgIpc) is 3.28. The number of thiazole rings is 1. The Kier molecular flexibility index (Phi) is 6.64. The molecule has 7 nitrogen and oxygen atoms in total. The van der Waals surface area contributed by atoms with Gasteiger partial charge in [-0.05, 0) is 26.0 Å². The van der Waals surface area contributed by atoms with Crippen LogP contribution < -0.4 is 5.32 Å². The van der Waals surface area contributed by atoms with Crippen LogP contribution in [-0.2, 0) is 14.9 Å². The molecule has 1 fully saturated rings. The van der Waals surface area contributed by atoms with Crippen LogP contribution >= 0.6 is 11.3 Å². The van der Waals surface area contributed by atoms with E-state index in [1.54, 1.807) is 18.5 Å². The molecular weight excluding hydrogens is 376 g/mol. The van der Waals surface area contributed by atoms with Gasteiger partial charge in [0.05, 0.1) is 12.3 Å². The average molecular weight is 405 g/mol. The maximum Gasteiger partial charge on any atom is 0.252 e. The Balaban J connectivity index is 1.47. The van der Waals surface area contributed by atoms with Crippen LogP contribution in [0.2, 0.25) is 0 Å². The highest BCUT2D eigenvalue weighted by Gasteiger charge is 2.19. The first-order valence-electron chi connectivity index (χ1n) is 9.50. The molecule has 0 unspecified atom stereocenters. The largest absolute Gasteiger partial charge is 0.441 e. The van der Waals surface area contributed by atoms with Crippen molar-refractivity contribution < 1.29 is 13.9 Å². The van der Waals surface area contributed by atoms with Crippen molar-refractivity contribution in [3.05, 3.63) is 28.9 Å². The SMILES string of the molecule is CN1CCC(OCC(=O)Nc2ncc(/C=C/c3ncc(C(C)(C)C)o3)s2)CC1. The Morgan fingerprint density at radius 2 is 2.07 bits per heavy atom. The molecule has 0 bridgehead atoms. The summed E-state index contributed by atoms with van der Waals surface area (Å²) in [6.45, 7) is 8.32. The molecular formula is C20H28N4O3S. The molecule has 0 radical (unpaired) electrons. The number of hydrogen-bond acceptors (Lipinski definition) is 7. The molecule has 1 N–H and O–H groups in total. The fourth-order valence-electron chi connectivity index (χ4n) is 2.79. The number of amides is 1. The number of likely N-dealkylation sites (tertiary alicyclic amines) is 1. The number of aromatic nitrogens is 2. The van der Waals surface area contributed by atoms with Gasteiger partial charge >= 0.3 is 0 Å². The number of carbonyl (C=O) groups excluding carboxylic acids is 1. The van der Waals surface area contributed by atoms with Gasteiger partial charge in [-0.15, -0.1) is 0 Å². The summed E-state index contributed by atoms with van der Waals surface area (Å²) in [5.74, 6) is 1.22. The van der Waals surface area contributed by atoms with Gasteiger partial charge in [0.1, 0.15) is 12.4 Å². The van der Waals surface area contributed by atoms with E-state index in [1.807, 2.05) is 6.08 Å². The van der Waals surface area contributed by atoms with E-state index < -0.39 is 0 Å². The molecule has 2 aromatic heterocycles. The van der Waals surface area contributed by atoms with Crippen LogP contribution in [0.4, 0.5) is 5.13 Å². The third-order valence-electron chi connectivity index (χ3n) is 4.54. The second-order valence-corrected chi connectivity index (χ2v) is 9.14. The Morgan fingerprint density at radius 3 is 2.75 bits per heavy atom. The first-order chi connectivity index (χ1) is 13.3. The number of ether oxygens (including phenoxy) is 1. The van der Waals surface area contributed by atoms with Gasteiger partial charge in [0.15, 0.2) is 5.13 Å². The van der Waals surface area contributed by atoms with Crippen LogP contribution in [0.15, 0.2) is 16.8 Å². The van der Waals surface area contributed by atoms with Crippen molar-refractivity contribution in [2.75, 3.05) is 32.1 Å². The molecule has 8 heteroatoms. The highest BCUT2D eigenvalue weighted by atomic mass is 32.1. The summed E-state index contributed by atoms with van der Waals surface area (Å²) < 4.78 is 11.4. The van der Waals surface area contributed by atoms with E-state index in [2.05, 4.69) is 48.0 Å². The maximum atomic E-state index is 12.1. The number of rotatable bonds is 6. The molecule has 1 saturated heterocycles. The maximum absolute atomic E-state index is 12.1. The highest BCUT2D eigenvalue weighted by molar-refractivity contribution is 7.16. The van der Waals surface area contributed by atoms with Crippen molar-refractivity contribution in [1.82, 2.24) is 14.9 Å². The van der Waals surface area contributed by atoms with Crippen LogP contribution in [0.1, 0.15) is 50.1 Å². The van der Waals surface area contributed by atoms with Crippen molar-refractivity contribution in [3.8, 4) is 0 Å². The molecule has 3 heterocycles. The van der Waals surface area contributed by atoms with Gasteiger partial charge in [0, 0.05) is 35.7 Å². The van der Waals surface area contributed by atoms with E-state index >= 15 is 0 Å².